The summed E-state index contributed by atoms with van der Waals surface area (Å²) in [7, 11) is 0. The number of rotatable bonds is 5. The van der Waals surface area contributed by atoms with E-state index in [0.717, 1.165) is 43.4 Å². The molecule has 0 radical (unpaired) electrons. The average Bonchev–Trinajstić information content (AvgIpc) is 2.48. The van der Waals surface area contributed by atoms with Crippen molar-refractivity contribution in [1.82, 2.24) is 5.32 Å². The van der Waals surface area contributed by atoms with Gasteiger partial charge in [-0.3, -0.25) is 0 Å². The fourth-order valence-corrected chi connectivity index (χ4v) is 2.98. The summed E-state index contributed by atoms with van der Waals surface area (Å²) in [5.41, 5.74) is 0.154. The van der Waals surface area contributed by atoms with Crippen molar-refractivity contribution in [2.75, 3.05) is 13.2 Å². The van der Waals surface area contributed by atoms with Crippen LogP contribution in [-0.4, -0.2) is 18.3 Å². The van der Waals surface area contributed by atoms with Crippen LogP contribution in [-0.2, 0) is 12.7 Å². The molecular weight excluding hydrogens is 279 g/mol. The van der Waals surface area contributed by atoms with E-state index < -0.39 is 11.7 Å². The molecule has 0 aliphatic heterocycles. The molecule has 2 rings (SSSR count). The molecule has 2 nitrogen and oxygen atoms in total. The van der Waals surface area contributed by atoms with Crippen LogP contribution in [0.25, 0.3) is 0 Å². The van der Waals surface area contributed by atoms with Crippen molar-refractivity contribution >= 4 is 0 Å². The van der Waals surface area contributed by atoms with Crippen LogP contribution in [0.3, 0.4) is 0 Å². The largest absolute Gasteiger partial charge is 0.416 e. The zero-order valence-corrected chi connectivity index (χ0v) is 12.0. The van der Waals surface area contributed by atoms with Crippen LogP contribution in [0.2, 0.25) is 0 Å². The number of hydrogen-bond donors (Lipinski definition) is 2. The highest BCUT2D eigenvalue weighted by atomic mass is 19.4. The SMILES string of the molecule is OCC1(CNCc2ccc(C(F)(F)F)cc2)CCCCC1. The van der Waals surface area contributed by atoms with Gasteiger partial charge in [-0.2, -0.15) is 13.2 Å². The summed E-state index contributed by atoms with van der Waals surface area (Å²) < 4.78 is 37.4. The Morgan fingerprint density at radius 2 is 1.67 bits per heavy atom. The first kappa shape index (κ1) is 16.3. The predicted molar refractivity (Wildman–Crippen MR) is 75.8 cm³/mol. The van der Waals surface area contributed by atoms with E-state index in [1.165, 1.54) is 18.6 Å². The molecular formula is C16H22F3NO. The molecule has 1 fully saturated rings. The predicted octanol–water partition coefficient (Wildman–Crippen LogP) is 3.74. The highest BCUT2D eigenvalue weighted by Crippen LogP contribution is 2.35. The third kappa shape index (κ3) is 4.45. The summed E-state index contributed by atoms with van der Waals surface area (Å²) >= 11 is 0. The maximum absolute atomic E-state index is 12.5. The second-order valence-corrected chi connectivity index (χ2v) is 6.02. The lowest BCUT2D eigenvalue weighted by atomic mass is 9.74. The van der Waals surface area contributed by atoms with Gasteiger partial charge in [-0.25, -0.2) is 0 Å². The third-order valence-electron chi connectivity index (χ3n) is 4.36. The number of alkyl halides is 3. The minimum atomic E-state index is -4.28. The van der Waals surface area contributed by atoms with E-state index in [9.17, 15) is 18.3 Å². The van der Waals surface area contributed by atoms with E-state index in [1.54, 1.807) is 0 Å². The van der Waals surface area contributed by atoms with Gasteiger partial charge < -0.3 is 10.4 Å². The summed E-state index contributed by atoms with van der Waals surface area (Å²) in [4.78, 5) is 0. The van der Waals surface area contributed by atoms with Gasteiger partial charge in [0.05, 0.1) is 5.56 Å². The van der Waals surface area contributed by atoms with Gasteiger partial charge in [0.15, 0.2) is 0 Å². The molecule has 118 valence electrons. The highest BCUT2D eigenvalue weighted by molar-refractivity contribution is 5.24. The lowest BCUT2D eigenvalue weighted by molar-refractivity contribution is -0.137. The van der Waals surface area contributed by atoms with Crippen LogP contribution in [0.5, 0.6) is 0 Å². The van der Waals surface area contributed by atoms with Crippen molar-refractivity contribution in [3.05, 3.63) is 35.4 Å². The average molecular weight is 301 g/mol. The Hall–Kier alpha value is -1.07. The first-order chi connectivity index (χ1) is 9.95. The number of benzene rings is 1. The number of nitrogens with one attached hydrogen (secondary N) is 1. The van der Waals surface area contributed by atoms with Crippen LogP contribution in [0.1, 0.15) is 43.2 Å². The number of hydrogen-bond acceptors (Lipinski definition) is 2. The van der Waals surface area contributed by atoms with Crippen molar-refractivity contribution in [3.8, 4) is 0 Å². The molecule has 2 N–H and O–H groups in total. The molecule has 5 heteroatoms. The Balaban J connectivity index is 1.85. The smallest absolute Gasteiger partial charge is 0.396 e. The van der Waals surface area contributed by atoms with Crippen molar-refractivity contribution in [3.63, 3.8) is 0 Å². The van der Waals surface area contributed by atoms with E-state index >= 15 is 0 Å². The van der Waals surface area contributed by atoms with Crippen LogP contribution < -0.4 is 5.32 Å². The topological polar surface area (TPSA) is 32.3 Å². The highest BCUT2D eigenvalue weighted by Gasteiger charge is 2.31. The van der Waals surface area contributed by atoms with Crippen molar-refractivity contribution in [2.24, 2.45) is 5.41 Å². The Bertz CT molecular complexity index is 436. The summed E-state index contributed by atoms with van der Waals surface area (Å²) in [6, 6.07) is 5.23. The first-order valence-electron chi connectivity index (χ1n) is 7.43. The minimum absolute atomic E-state index is 0.0514. The van der Waals surface area contributed by atoms with Gasteiger partial charge in [0.1, 0.15) is 0 Å². The van der Waals surface area contributed by atoms with Crippen LogP contribution in [0.4, 0.5) is 13.2 Å². The summed E-state index contributed by atoms with van der Waals surface area (Å²) in [5, 5.41) is 12.9. The summed E-state index contributed by atoms with van der Waals surface area (Å²) in [5.74, 6) is 0. The minimum Gasteiger partial charge on any atom is -0.396 e. The number of aliphatic hydroxyl groups is 1. The van der Waals surface area contributed by atoms with Crippen molar-refractivity contribution in [1.29, 1.82) is 0 Å². The number of aliphatic hydroxyl groups excluding tert-OH is 1. The Morgan fingerprint density at radius 3 is 2.19 bits per heavy atom. The molecule has 1 aromatic rings. The van der Waals surface area contributed by atoms with Crippen LogP contribution in [0.15, 0.2) is 24.3 Å². The van der Waals surface area contributed by atoms with E-state index in [2.05, 4.69) is 5.32 Å². The fourth-order valence-electron chi connectivity index (χ4n) is 2.98. The number of halogens is 3. The molecule has 21 heavy (non-hydrogen) atoms. The third-order valence-corrected chi connectivity index (χ3v) is 4.36. The maximum Gasteiger partial charge on any atom is 0.416 e. The first-order valence-corrected chi connectivity index (χ1v) is 7.43. The maximum atomic E-state index is 12.5. The zero-order valence-electron chi connectivity index (χ0n) is 12.0. The molecule has 0 atom stereocenters. The molecule has 0 saturated heterocycles. The molecule has 0 amide bonds. The van der Waals surface area contributed by atoms with E-state index in [4.69, 9.17) is 0 Å². The monoisotopic (exact) mass is 301 g/mol. The Kier molecular flexibility index (Phi) is 5.27. The Morgan fingerprint density at radius 1 is 1.05 bits per heavy atom. The molecule has 0 aromatic heterocycles. The molecule has 1 saturated carbocycles. The van der Waals surface area contributed by atoms with Crippen LogP contribution >= 0.6 is 0 Å². The standard InChI is InChI=1S/C16H22F3NO/c17-16(18,19)14-6-4-13(5-7-14)10-20-11-15(12-21)8-2-1-3-9-15/h4-7,20-21H,1-3,8-12H2. The van der Waals surface area contributed by atoms with Crippen LogP contribution in [0, 0.1) is 5.41 Å². The van der Waals surface area contributed by atoms with Gasteiger partial charge in [-0.05, 0) is 30.5 Å². The Labute approximate surface area is 123 Å². The molecule has 0 bridgehead atoms. The summed E-state index contributed by atoms with van der Waals surface area (Å²) in [6.07, 6.45) is 1.26. The quantitative estimate of drug-likeness (QED) is 0.868. The van der Waals surface area contributed by atoms with Gasteiger partial charge in [0.25, 0.3) is 0 Å². The van der Waals surface area contributed by atoms with Gasteiger partial charge in [0, 0.05) is 25.1 Å². The second-order valence-electron chi connectivity index (χ2n) is 6.02. The van der Waals surface area contributed by atoms with E-state index in [-0.39, 0.29) is 12.0 Å². The second kappa shape index (κ2) is 6.79. The molecule has 0 unspecified atom stereocenters. The molecule has 0 spiro atoms. The normalized spacial score (nSPS) is 18.7. The fraction of sp³-hybridized carbons (Fsp3) is 0.625. The molecule has 1 aliphatic rings. The lowest BCUT2D eigenvalue weighted by Crippen LogP contribution is -2.38. The molecule has 1 aliphatic carbocycles. The van der Waals surface area contributed by atoms with Gasteiger partial charge >= 0.3 is 6.18 Å². The zero-order chi connectivity index (χ0) is 15.3. The van der Waals surface area contributed by atoms with E-state index in [0.29, 0.717) is 13.1 Å². The summed E-state index contributed by atoms with van der Waals surface area (Å²) in [6.45, 7) is 1.41. The van der Waals surface area contributed by atoms with Gasteiger partial charge in [-0.15, -0.1) is 0 Å². The van der Waals surface area contributed by atoms with Gasteiger partial charge in [-0.1, -0.05) is 31.4 Å². The molecule has 0 heterocycles. The molecule has 1 aromatic carbocycles. The van der Waals surface area contributed by atoms with E-state index in [1.807, 2.05) is 0 Å². The lowest BCUT2D eigenvalue weighted by Gasteiger charge is -2.35. The van der Waals surface area contributed by atoms with Gasteiger partial charge in [0.2, 0.25) is 0 Å². The van der Waals surface area contributed by atoms with Crippen molar-refractivity contribution in [2.45, 2.75) is 44.8 Å². The van der Waals surface area contributed by atoms with Crippen molar-refractivity contribution < 1.29 is 18.3 Å².